The summed E-state index contributed by atoms with van der Waals surface area (Å²) in [5.41, 5.74) is 1.48. The Labute approximate surface area is 126 Å². The first-order valence-electron chi connectivity index (χ1n) is 7.10. The molecule has 0 saturated heterocycles. The Balaban J connectivity index is 2.01. The van der Waals surface area contributed by atoms with E-state index in [1.165, 1.54) is 6.07 Å². The summed E-state index contributed by atoms with van der Waals surface area (Å²) >= 11 is 1.89. The molecule has 1 aliphatic carbocycles. The largest absolute Gasteiger partial charge is 0.478 e. The summed E-state index contributed by atoms with van der Waals surface area (Å²) < 4.78 is 1.75. The molecule has 0 spiro atoms. The van der Waals surface area contributed by atoms with E-state index in [0.29, 0.717) is 16.3 Å². The van der Waals surface area contributed by atoms with Gasteiger partial charge < -0.3 is 10.1 Å². The van der Waals surface area contributed by atoms with Gasteiger partial charge in [-0.25, -0.2) is 9.59 Å². The zero-order valence-electron chi connectivity index (χ0n) is 11.8. The lowest BCUT2D eigenvalue weighted by atomic mass is 9.94. The molecule has 0 radical (unpaired) electrons. The molecule has 0 unspecified atom stereocenters. The van der Waals surface area contributed by atoms with Crippen molar-refractivity contribution in [2.75, 3.05) is 6.26 Å². The van der Waals surface area contributed by atoms with Crippen LogP contribution in [0.2, 0.25) is 0 Å². The monoisotopic (exact) mass is 306 g/mol. The van der Waals surface area contributed by atoms with Crippen LogP contribution in [-0.4, -0.2) is 32.1 Å². The fourth-order valence-electron chi connectivity index (χ4n) is 3.16. The zero-order chi connectivity index (χ0) is 15.0. The van der Waals surface area contributed by atoms with E-state index in [1.54, 1.807) is 16.7 Å². The molecular weight excluding hydrogens is 288 g/mol. The molecule has 1 fully saturated rings. The molecular formula is C15H18N2O3S. The van der Waals surface area contributed by atoms with E-state index in [2.05, 4.69) is 11.2 Å². The average Bonchev–Trinajstić information content (AvgIpc) is 2.82. The molecule has 0 bridgehead atoms. The number of carbonyl (C=O) groups is 1. The maximum atomic E-state index is 12.2. The van der Waals surface area contributed by atoms with E-state index in [-0.39, 0.29) is 17.3 Å². The van der Waals surface area contributed by atoms with Gasteiger partial charge >= 0.3 is 11.7 Å². The molecule has 0 atom stereocenters. The van der Waals surface area contributed by atoms with Gasteiger partial charge in [-0.1, -0.05) is 0 Å². The number of fused-ring (bicyclic) bond motifs is 1. The van der Waals surface area contributed by atoms with Gasteiger partial charge in [-0.3, -0.25) is 4.57 Å². The summed E-state index contributed by atoms with van der Waals surface area (Å²) in [6.07, 6.45) is 6.26. The Hall–Kier alpha value is -1.69. The minimum atomic E-state index is -0.969. The number of aromatic amines is 1. The second-order valence-electron chi connectivity index (χ2n) is 5.50. The van der Waals surface area contributed by atoms with Gasteiger partial charge in [0.05, 0.1) is 16.6 Å². The lowest BCUT2D eigenvalue weighted by Crippen LogP contribution is -2.26. The van der Waals surface area contributed by atoms with Gasteiger partial charge in [0.25, 0.3) is 0 Å². The SMILES string of the molecule is CSC1CCC(n2c(=O)[nH]c3ccc(C(=O)O)cc32)CC1. The molecule has 2 N–H and O–H groups in total. The number of aromatic carboxylic acids is 1. The number of nitrogens with zero attached hydrogens (tertiary/aromatic N) is 1. The minimum absolute atomic E-state index is 0.139. The van der Waals surface area contributed by atoms with Crippen molar-refractivity contribution in [1.82, 2.24) is 9.55 Å². The second-order valence-corrected chi connectivity index (χ2v) is 6.64. The van der Waals surface area contributed by atoms with Crippen LogP contribution in [0.4, 0.5) is 0 Å². The van der Waals surface area contributed by atoms with Gasteiger partial charge in [0.1, 0.15) is 0 Å². The molecule has 5 nitrogen and oxygen atoms in total. The Bertz CT molecular complexity index is 726. The van der Waals surface area contributed by atoms with Crippen molar-refractivity contribution in [3.05, 3.63) is 34.2 Å². The van der Waals surface area contributed by atoms with Crippen molar-refractivity contribution in [3.8, 4) is 0 Å². The molecule has 0 amide bonds. The summed E-state index contributed by atoms with van der Waals surface area (Å²) in [6, 6.07) is 4.95. The molecule has 21 heavy (non-hydrogen) atoms. The van der Waals surface area contributed by atoms with E-state index >= 15 is 0 Å². The minimum Gasteiger partial charge on any atom is -0.478 e. The Morgan fingerprint density at radius 2 is 2.05 bits per heavy atom. The van der Waals surface area contributed by atoms with Crippen molar-refractivity contribution in [2.45, 2.75) is 37.0 Å². The molecule has 2 aromatic rings. The molecule has 1 aliphatic rings. The molecule has 112 valence electrons. The van der Waals surface area contributed by atoms with Crippen molar-refractivity contribution in [1.29, 1.82) is 0 Å². The van der Waals surface area contributed by atoms with E-state index < -0.39 is 5.97 Å². The third-order valence-electron chi connectivity index (χ3n) is 4.31. The summed E-state index contributed by atoms with van der Waals surface area (Å²) in [4.78, 5) is 26.2. The molecule has 0 aliphatic heterocycles. The fraction of sp³-hybridized carbons (Fsp3) is 0.467. The molecule has 1 aromatic heterocycles. The van der Waals surface area contributed by atoms with Crippen molar-refractivity contribution in [3.63, 3.8) is 0 Å². The van der Waals surface area contributed by atoms with Crippen molar-refractivity contribution < 1.29 is 9.90 Å². The zero-order valence-corrected chi connectivity index (χ0v) is 12.7. The summed E-state index contributed by atoms with van der Waals surface area (Å²) in [6.45, 7) is 0. The molecule has 6 heteroatoms. The van der Waals surface area contributed by atoms with Crippen molar-refractivity contribution >= 4 is 28.8 Å². The van der Waals surface area contributed by atoms with E-state index in [9.17, 15) is 9.59 Å². The van der Waals surface area contributed by atoms with E-state index in [1.807, 2.05) is 11.8 Å². The van der Waals surface area contributed by atoms with E-state index in [4.69, 9.17) is 5.11 Å². The van der Waals surface area contributed by atoms with Gasteiger partial charge in [0.15, 0.2) is 0 Å². The van der Waals surface area contributed by atoms with Crippen molar-refractivity contribution in [2.24, 2.45) is 0 Å². The van der Waals surface area contributed by atoms with Gasteiger partial charge in [-0.15, -0.1) is 0 Å². The maximum absolute atomic E-state index is 12.2. The number of H-pyrrole nitrogens is 1. The number of thioether (sulfide) groups is 1. The van der Waals surface area contributed by atoms with Crippen LogP contribution in [0, 0.1) is 0 Å². The van der Waals surface area contributed by atoms with Crippen LogP contribution in [-0.2, 0) is 0 Å². The van der Waals surface area contributed by atoms with Crippen LogP contribution in [0.15, 0.2) is 23.0 Å². The quantitative estimate of drug-likeness (QED) is 0.914. The standard InChI is InChI=1S/C15H18N2O3S/c1-21-11-5-3-10(4-6-11)17-13-8-9(14(18)19)2-7-12(13)16-15(17)20/h2,7-8,10-11H,3-6H2,1H3,(H,16,20)(H,18,19). The first kappa shape index (κ1) is 14.3. The van der Waals surface area contributed by atoms with Crippen LogP contribution in [0.1, 0.15) is 42.1 Å². The molecule has 1 saturated carbocycles. The van der Waals surface area contributed by atoms with Crippen LogP contribution >= 0.6 is 11.8 Å². The average molecular weight is 306 g/mol. The number of nitrogens with one attached hydrogen (secondary N) is 1. The molecule has 3 rings (SSSR count). The lowest BCUT2D eigenvalue weighted by Gasteiger charge is -2.28. The highest BCUT2D eigenvalue weighted by molar-refractivity contribution is 7.99. The first-order valence-corrected chi connectivity index (χ1v) is 8.39. The second kappa shape index (κ2) is 5.60. The van der Waals surface area contributed by atoms with Crippen LogP contribution < -0.4 is 5.69 Å². The number of hydrogen-bond acceptors (Lipinski definition) is 3. The third kappa shape index (κ3) is 2.60. The van der Waals surface area contributed by atoms with Gasteiger partial charge in [-0.05, 0) is 50.1 Å². The number of benzene rings is 1. The highest BCUT2D eigenvalue weighted by atomic mass is 32.2. The lowest BCUT2D eigenvalue weighted by molar-refractivity contribution is 0.0697. The number of carboxylic acid groups (broad SMARTS) is 1. The number of aromatic nitrogens is 2. The normalized spacial score (nSPS) is 22.5. The fourth-order valence-corrected chi connectivity index (χ4v) is 3.90. The number of hydrogen-bond donors (Lipinski definition) is 2. The Morgan fingerprint density at radius 1 is 1.33 bits per heavy atom. The van der Waals surface area contributed by atoms with E-state index in [0.717, 1.165) is 25.7 Å². The maximum Gasteiger partial charge on any atom is 0.335 e. The van der Waals surface area contributed by atoms with Crippen LogP contribution in [0.3, 0.4) is 0 Å². The third-order valence-corrected chi connectivity index (χ3v) is 5.44. The number of imidazole rings is 1. The molecule has 1 aromatic carbocycles. The Kier molecular flexibility index (Phi) is 3.80. The number of rotatable bonds is 3. The first-order chi connectivity index (χ1) is 10.1. The highest BCUT2D eigenvalue weighted by Crippen LogP contribution is 2.34. The Morgan fingerprint density at radius 3 is 2.67 bits per heavy atom. The predicted molar refractivity (Wildman–Crippen MR) is 84.3 cm³/mol. The highest BCUT2D eigenvalue weighted by Gasteiger charge is 2.24. The van der Waals surface area contributed by atoms with Crippen LogP contribution in [0.5, 0.6) is 0 Å². The predicted octanol–water partition coefficient (Wildman–Crippen LogP) is 2.87. The van der Waals surface area contributed by atoms with Gasteiger partial charge in [0.2, 0.25) is 0 Å². The number of carboxylic acids is 1. The summed E-state index contributed by atoms with van der Waals surface area (Å²) in [5, 5.41) is 9.80. The summed E-state index contributed by atoms with van der Waals surface area (Å²) in [7, 11) is 0. The summed E-state index contributed by atoms with van der Waals surface area (Å²) in [5.74, 6) is -0.969. The van der Waals surface area contributed by atoms with Gasteiger partial charge in [0, 0.05) is 11.3 Å². The van der Waals surface area contributed by atoms with Crippen LogP contribution in [0.25, 0.3) is 11.0 Å². The topological polar surface area (TPSA) is 75.1 Å². The van der Waals surface area contributed by atoms with Gasteiger partial charge in [-0.2, -0.15) is 11.8 Å². The molecule has 1 heterocycles. The smallest absolute Gasteiger partial charge is 0.335 e.